The molecule has 0 aromatic rings. The van der Waals surface area contributed by atoms with E-state index in [-0.39, 0.29) is 11.9 Å². The predicted molar refractivity (Wildman–Crippen MR) is 74.5 cm³/mol. The number of carbonyl (C=O) groups excluding carboxylic acids is 1. The van der Waals surface area contributed by atoms with E-state index in [2.05, 4.69) is 6.08 Å². The smallest absolute Gasteiger partial charge is 0.312 e. The predicted octanol–water partition coefficient (Wildman–Crippen LogP) is 1.74. The van der Waals surface area contributed by atoms with E-state index in [9.17, 15) is 4.79 Å². The maximum atomic E-state index is 12.6. The minimum Gasteiger partial charge on any atom is -0.466 e. The molecule has 0 unspecified atom stereocenters. The number of ether oxygens (including phenoxy) is 3. The molecule has 2 bridgehead atoms. The maximum Gasteiger partial charge on any atom is 0.312 e. The van der Waals surface area contributed by atoms with Gasteiger partial charge in [0.15, 0.2) is 5.79 Å². The van der Waals surface area contributed by atoms with Gasteiger partial charge in [0.05, 0.1) is 25.7 Å². The highest BCUT2D eigenvalue weighted by Gasteiger charge is 2.66. The van der Waals surface area contributed by atoms with Gasteiger partial charge in [-0.05, 0) is 20.3 Å². The molecule has 4 atom stereocenters. The summed E-state index contributed by atoms with van der Waals surface area (Å²) >= 11 is 0. The van der Waals surface area contributed by atoms with Crippen molar-refractivity contribution in [3.8, 4) is 0 Å². The van der Waals surface area contributed by atoms with Crippen LogP contribution in [0.4, 0.5) is 0 Å². The van der Waals surface area contributed by atoms with Gasteiger partial charge in [-0.15, -0.1) is 0 Å². The van der Waals surface area contributed by atoms with Crippen LogP contribution in [0.2, 0.25) is 0 Å². The lowest BCUT2D eigenvalue weighted by molar-refractivity contribution is -0.461. The highest BCUT2D eigenvalue weighted by molar-refractivity contribution is 5.76. The van der Waals surface area contributed by atoms with Gasteiger partial charge in [-0.2, -0.15) is 0 Å². The van der Waals surface area contributed by atoms with Crippen molar-refractivity contribution in [2.45, 2.75) is 50.1 Å². The Morgan fingerprint density at radius 1 is 1.23 bits per heavy atom. The van der Waals surface area contributed by atoms with Crippen molar-refractivity contribution in [2.24, 2.45) is 11.8 Å². The largest absolute Gasteiger partial charge is 0.466 e. The van der Waals surface area contributed by atoms with Crippen LogP contribution in [-0.2, 0) is 28.8 Å². The summed E-state index contributed by atoms with van der Waals surface area (Å²) in [5.41, 5.74) is -1.37. The summed E-state index contributed by atoms with van der Waals surface area (Å²) < 4.78 is 17.0. The Hall–Kier alpha value is -0.950. The molecule has 5 rings (SSSR count). The SMILES string of the molecule is CCOC(=O)[C@H]1[C@H]2CC3(CC[C@@]24C=C[C@]1(C)OO4)OCCO3. The number of carbonyl (C=O) groups is 1. The third-order valence-corrected chi connectivity index (χ3v) is 5.50. The van der Waals surface area contributed by atoms with E-state index in [0.717, 1.165) is 6.42 Å². The van der Waals surface area contributed by atoms with Crippen molar-refractivity contribution >= 4 is 5.97 Å². The molecule has 6 heteroatoms. The molecule has 0 radical (unpaired) electrons. The van der Waals surface area contributed by atoms with E-state index >= 15 is 0 Å². The van der Waals surface area contributed by atoms with E-state index in [0.29, 0.717) is 32.7 Å². The molecule has 3 fully saturated rings. The Bertz CT molecular complexity index is 511. The number of hydrogen-bond donors (Lipinski definition) is 0. The first-order valence-corrected chi connectivity index (χ1v) is 8.04. The van der Waals surface area contributed by atoms with Gasteiger partial charge in [0.25, 0.3) is 0 Å². The average Bonchev–Trinajstić information content (AvgIpc) is 2.95. The fraction of sp³-hybridized carbons (Fsp3) is 0.812. The molecule has 1 saturated carbocycles. The first-order chi connectivity index (χ1) is 10.5. The highest BCUT2D eigenvalue weighted by atomic mass is 17.2. The molecule has 2 saturated heterocycles. The standard InChI is InChI=1S/C16H22O6/c1-3-18-13(17)12-11-10-16(19-8-9-20-16)7-6-15(11)5-4-14(12,2)21-22-15/h4-5,11-12H,3,6-10H2,1-2H3/t11-,12-,14+,15+/m1/s1. The van der Waals surface area contributed by atoms with Crippen LogP contribution in [0.3, 0.4) is 0 Å². The van der Waals surface area contributed by atoms with Crippen LogP contribution in [0.15, 0.2) is 12.2 Å². The monoisotopic (exact) mass is 310 g/mol. The van der Waals surface area contributed by atoms with E-state index in [1.165, 1.54) is 0 Å². The van der Waals surface area contributed by atoms with Crippen molar-refractivity contribution < 1.29 is 28.8 Å². The minimum atomic E-state index is -0.796. The van der Waals surface area contributed by atoms with Crippen LogP contribution >= 0.6 is 0 Å². The zero-order valence-electron chi connectivity index (χ0n) is 13.0. The van der Waals surface area contributed by atoms with Crippen molar-refractivity contribution in [3.63, 3.8) is 0 Å². The molecule has 3 heterocycles. The summed E-state index contributed by atoms with van der Waals surface area (Å²) in [5, 5.41) is 0. The molecule has 122 valence electrons. The van der Waals surface area contributed by atoms with Crippen LogP contribution in [0.5, 0.6) is 0 Å². The Kier molecular flexibility index (Phi) is 3.17. The summed E-state index contributed by atoms with van der Waals surface area (Å²) in [4.78, 5) is 23.9. The van der Waals surface area contributed by atoms with Crippen LogP contribution < -0.4 is 0 Å². The summed E-state index contributed by atoms with van der Waals surface area (Å²) in [6.07, 6.45) is 6.07. The lowest BCUT2D eigenvalue weighted by atomic mass is 9.59. The zero-order chi connectivity index (χ0) is 15.4. The second-order valence-corrected chi connectivity index (χ2v) is 6.79. The quantitative estimate of drug-likeness (QED) is 0.440. The molecular weight excluding hydrogens is 288 g/mol. The van der Waals surface area contributed by atoms with Crippen LogP contribution in [-0.4, -0.2) is 42.8 Å². The van der Waals surface area contributed by atoms with Crippen molar-refractivity contribution in [1.29, 1.82) is 0 Å². The normalized spacial score (nSPS) is 45.0. The van der Waals surface area contributed by atoms with Crippen LogP contribution in [0.1, 0.15) is 33.1 Å². The lowest BCUT2D eigenvalue weighted by Crippen LogP contribution is -2.66. The third-order valence-electron chi connectivity index (χ3n) is 5.50. The molecule has 2 spiro atoms. The Labute approximate surface area is 129 Å². The van der Waals surface area contributed by atoms with Crippen molar-refractivity contribution in [2.75, 3.05) is 19.8 Å². The number of rotatable bonds is 2. The second kappa shape index (κ2) is 4.77. The first-order valence-electron chi connectivity index (χ1n) is 8.04. The van der Waals surface area contributed by atoms with Gasteiger partial charge in [0, 0.05) is 18.8 Å². The molecule has 0 aromatic heterocycles. The molecule has 5 aliphatic rings. The number of esters is 1. The molecule has 22 heavy (non-hydrogen) atoms. The molecule has 3 aliphatic heterocycles. The Morgan fingerprint density at radius 2 is 2.00 bits per heavy atom. The number of fused-ring (bicyclic) bond motifs is 1. The molecule has 2 aliphatic carbocycles. The van der Waals surface area contributed by atoms with E-state index < -0.39 is 22.9 Å². The average molecular weight is 310 g/mol. The minimum absolute atomic E-state index is 0.0675. The van der Waals surface area contributed by atoms with Gasteiger partial charge in [0.1, 0.15) is 11.2 Å². The van der Waals surface area contributed by atoms with E-state index in [1.54, 1.807) is 0 Å². The zero-order valence-corrected chi connectivity index (χ0v) is 13.0. The van der Waals surface area contributed by atoms with Gasteiger partial charge in [-0.25, -0.2) is 9.78 Å². The van der Waals surface area contributed by atoms with Gasteiger partial charge >= 0.3 is 5.97 Å². The van der Waals surface area contributed by atoms with Crippen LogP contribution in [0.25, 0.3) is 0 Å². The Balaban J connectivity index is 1.70. The highest BCUT2D eigenvalue weighted by Crippen LogP contribution is 2.58. The fourth-order valence-electron chi connectivity index (χ4n) is 4.37. The lowest BCUT2D eigenvalue weighted by Gasteiger charge is -2.58. The Morgan fingerprint density at radius 3 is 2.64 bits per heavy atom. The second-order valence-electron chi connectivity index (χ2n) is 6.79. The van der Waals surface area contributed by atoms with E-state index in [4.69, 9.17) is 24.0 Å². The fourth-order valence-corrected chi connectivity index (χ4v) is 4.37. The number of hydrogen-bond acceptors (Lipinski definition) is 6. The summed E-state index contributed by atoms with van der Waals surface area (Å²) in [6.45, 7) is 5.25. The van der Waals surface area contributed by atoms with Gasteiger partial charge < -0.3 is 14.2 Å². The summed E-state index contributed by atoms with van der Waals surface area (Å²) in [7, 11) is 0. The molecule has 0 amide bonds. The molecular formula is C16H22O6. The van der Waals surface area contributed by atoms with Gasteiger partial charge in [0.2, 0.25) is 0 Å². The maximum absolute atomic E-state index is 12.6. The summed E-state index contributed by atoms with van der Waals surface area (Å²) in [6, 6.07) is 0. The molecule has 0 N–H and O–H groups in total. The molecule has 0 aromatic carbocycles. The van der Waals surface area contributed by atoms with Gasteiger partial charge in [-0.1, -0.05) is 12.2 Å². The summed E-state index contributed by atoms with van der Waals surface area (Å²) in [5.74, 6) is -1.29. The van der Waals surface area contributed by atoms with Crippen molar-refractivity contribution in [3.05, 3.63) is 12.2 Å². The van der Waals surface area contributed by atoms with Gasteiger partial charge in [-0.3, -0.25) is 4.79 Å². The van der Waals surface area contributed by atoms with E-state index in [1.807, 2.05) is 19.9 Å². The molecule has 6 nitrogen and oxygen atoms in total. The third kappa shape index (κ3) is 1.91. The van der Waals surface area contributed by atoms with Crippen LogP contribution in [0, 0.1) is 11.8 Å². The first kappa shape index (κ1) is 14.6. The van der Waals surface area contributed by atoms with Crippen molar-refractivity contribution in [1.82, 2.24) is 0 Å². The topological polar surface area (TPSA) is 63.2 Å².